The van der Waals surface area contributed by atoms with Gasteiger partial charge >= 0.3 is 0 Å². The van der Waals surface area contributed by atoms with Gasteiger partial charge in [-0.25, -0.2) is 4.39 Å². The monoisotopic (exact) mass is 242 g/mol. The van der Waals surface area contributed by atoms with Crippen molar-refractivity contribution in [1.29, 1.82) is 0 Å². The van der Waals surface area contributed by atoms with Crippen molar-refractivity contribution in [3.05, 3.63) is 30.1 Å². The molecule has 1 unspecified atom stereocenters. The molecule has 88 valence electrons. The maximum atomic E-state index is 13.0. The largest absolute Gasteiger partial charge is 0.380 e. The molecule has 1 heterocycles. The zero-order valence-corrected chi connectivity index (χ0v) is 10.1. The Kier molecular flexibility index (Phi) is 3.40. The lowest BCUT2D eigenvalue weighted by Gasteiger charge is -2.40. The first kappa shape index (κ1) is 11.7. The van der Waals surface area contributed by atoms with Crippen LogP contribution < -0.4 is 0 Å². The maximum absolute atomic E-state index is 13.0. The minimum atomic E-state index is -1.13. The number of hydrogen-bond donors (Lipinski definition) is 0. The van der Waals surface area contributed by atoms with Crippen LogP contribution in [0.25, 0.3) is 0 Å². The predicted octanol–water partition coefficient (Wildman–Crippen LogP) is 2.36. The predicted molar refractivity (Wildman–Crippen MR) is 61.2 cm³/mol. The Balaban J connectivity index is 2.08. The van der Waals surface area contributed by atoms with Crippen LogP contribution in [-0.4, -0.2) is 23.2 Å². The average molecular weight is 242 g/mol. The second-order valence-electron chi connectivity index (χ2n) is 4.29. The van der Waals surface area contributed by atoms with E-state index in [1.807, 2.05) is 0 Å². The molecule has 0 spiro atoms. The lowest BCUT2D eigenvalue weighted by atomic mass is 9.86. The van der Waals surface area contributed by atoms with Gasteiger partial charge in [0, 0.05) is 16.1 Å². The van der Waals surface area contributed by atoms with Crippen LogP contribution >= 0.6 is 0 Å². The molecular weight excluding hydrogens is 227 g/mol. The van der Waals surface area contributed by atoms with Crippen molar-refractivity contribution in [3.63, 3.8) is 0 Å². The molecule has 2 rings (SSSR count). The molecule has 1 saturated heterocycles. The van der Waals surface area contributed by atoms with Crippen molar-refractivity contribution in [1.82, 2.24) is 0 Å². The fourth-order valence-corrected chi connectivity index (χ4v) is 3.32. The average Bonchev–Trinajstić information content (AvgIpc) is 2.23. The molecule has 0 radical (unpaired) electrons. The summed E-state index contributed by atoms with van der Waals surface area (Å²) in [5, 5.41) is 0. The molecule has 1 fully saturated rings. The SMILES string of the molecule is CCC1(CS(=O)c2cccc(F)c2)COC1. The van der Waals surface area contributed by atoms with E-state index in [9.17, 15) is 8.60 Å². The lowest BCUT2D eigenvalue weighted by molar-refractivity contribution is -0.0999. The van der Waals surface area contributed by atoms with E-state index < -0.39 is 10.8 Å². The van der Waals surface area contributed by atoms with E-state index in [-0.39, 0.29) is 11.2 Å². The molecule has 1 atom stereocenters. The molecule has 0 aromatic heterocycles. The van der Waals surface area contributed by atoms with Crippen LogP contribution in [0.3, 0.4) is 0 Å². The summed E-state index contributed by atoms with van der Waals surface area (Å²) in [5.41, 5.74) is 0.0389. The molecule has 2 nitrogen and oxygen atoms in total. The van der Waals surface area contributed by atoms with Crippen molar-refractivity contribution in [2.45, 2.75) is 18.2 Å². The van der Waals surface area contributed by atoms with Crippen molar-refractivity contribution < 1.29 is 13.3 Å². The zero-order chi connectivity index (χ0) is 11.6. The summed E-state index contributed by atoms with van der Waals surface area (Å²) < 4.78 is 30.2. The van der Waals surface area contributed by atoms with Gasteiger partial charge in [0.05, 0.1) is 24.0 Å². The van der Waals surface area contributed by atoms with E-state index in [0.29, 0.717) is 23.9 Å². The van der Waals surface area contributed by atoms with Gasteiger partial charge < -0.3 is 4.74 Å². The summed E-state index contributed by atoms with van der Waals surface area (Å²) in [6.45, 7) is 3.42. The van der Waals surface area contributed by atoms with Crippen LogP contribution in [0.1, 0.15) is 13.3 Å². The van der Waals surface area contributed by atoms with E-state index in [1.54, 1.807) is 12.1 Å². The molecule has 4 heteroatoms. The third-order valence-electron chi connectivity index (χ3n) is 3.06. The summed E-state index contributed by atoms with van der Waals surface area (Å²) in [6, 6.07) is 6.02. The molecule has 16 heavy (non-hydrogen) atoms. The van der Waals surface area contributed by atoms with E-state index in [4.69, 9.17) is 4.74 Å². The molecule has 0 amide bonds. The summed E-state index contributed by atoms with van der Waals surface area (Å²) in [4.78, 5) is 0.569. The Morgan fingerprint density at radius 3 is 2.75 bits per heavy atom. The first-order chi connectivity index (χ1) is 7.65. The zero-order valence-electron chi connectivity index (χ0n) is 9.24. The van der Waals surface area contributed by atoms with Gasteiger partial charge in [-0.2, -0.15) is 0 Å². The lowest BCUT2D eigenvalue weighted by Crippen LogP contribution is -2.46. The van der Waals surface area contributed by atoms with Crippen LogP contribution in [0.15, 0.2) is 29.2 Å². The van der Waals surface area contributed by atoms with Crippen LogP contribution in [0, 0.1) is 11.2 Å². The highest BCUT2D eigenvalue weighted by molar-refractivity contribution is 7.85. The molecule has 0 saturated carbocycles. The van der Waals surface area contributed by atoms with Gasteiger partial charge in [0.15, 0.2) is 0 Å². The summed E-state index contributed by atoms with van der Waals surface area (Å²) in [5.74, 6) is 0.230. The molecular formula is C12H15FO2S. The molecule has 1 aromatic rings. The van der Waals surface area contributed by atoms with Crippen LogP contribution in [-0.2, 0) is 15.5 Å². The molecule has 0 bridgehead atoms. The minimum absolute atomic E-state index is 0.0389. The van der Waals surface area contributed by atoms with Gasteiger partial charge in [0.2, 0.25) is 0 Å². The van der Waals surface area contributed by atoms with Crippen molar-refractivity contribution in [3.8, 4) is 0 Å². The molecule has 1 aromatic carbocycles. The van der Waals surface area contributed by atoms with Crippen molar-refractivity contribution >= 4 is 10.8 Å². The Bertz CT molecular complexity index is 396. The summed E-state index contributed by atoms with van der Waals surface area (Å²) in [7, 11) is -1.13. The molecule has 0 N–H and O–H groups in total. The Morgan fingerprint density at radius 1 is 1.50 bits per heavy atom. The number of halogens is 1. The number of rotatable bonds is 4. The highest BCUT2D eigenvalue weighted by atomic mass is 32.2. The fourth-order valence-electron chi connectivity index (χ4n) is 1.75. The molecule has 1 aliphatic heterocycles. The maximum Gasteiger partial charge on any atom is 0.124 e. The summed E-state index contributed by atoms with van der Waals surface area (Å²) >= 11 is 0. The Hall–Kier alpha value is -0.740. The van der Waals surface area contributed by atoms with Gasteiger partial charge in [-0.3, -0.25) is 4.21 Å². The smallest absolute Gasteiger partial charge is 0.124 e. The van der Waals surface area contributed by atoms with Crippen molar-refractivity contribution in [2.24, 2.45) is 5.41 Å². The van der Waals surface area contributed by atoms with E-state index in [0.717, 1.165) is 6.42 Å². The first-order valence-electron chi connectivity index (χ1n) is 5.37. The van der Waals surface area contributed by atoms with Gasteiger partial charge in [0.25, 0.3) is 0 Å². The van der Waals surface area contributed by atoms with Gasteiger partial charge in [-0.15, -0.1) is 0 Å². The van der Waals surface area contributed by atoms with E-state index in [2.05, 4.69) is 6.92 Å². The second kappa shape index (κ2) is 4.63. The van der Waals surface area contributed by atoms with E-state index in [1.165, 1.54) is 12.1 Å². The minimum Gasteiger partial charge on any atom is -0.380 e. The van der Waals surface area contributed by atoms with Gasteiger partial charge in [0.1, 0.15) is 5.82 Å². The number of hydrogen-bond acceptors (Lipinski definition) is 2. The quantitative estimate of drug-likeness (QED) is 0.810. The second-order valence-corrected chi connectivity index (χ2v) is 5.74. The van der Waals surface area contributed by atoms with Crippen LogP contribution in [0.5, 0.6) is 0 Å². The topological polar surface area (TPSA) is 26.3 Å². The molecule has 1 aliphatic rings. The highest BCUT2D eigenvalue weighted by Gasteiger charge is 2.38. The normalized spacial score (nSPS) is 20.1. The fraction of sp³-hybridized carbons (Fsp3) is 0.500. The van der Waals surface area contributed by atoms with Gasteiger partial charge in [-0.05, 0) is 24.6 Å². The van der Waals surface area contributed by atoms with E-state index >= 15 is 0 Å². The van der Waals surface area contributed by atoms with Gasteiger partial charge in [-0.1, -0.05) is 13.0 Å². The Labute approximate surface area is 97.3 Å². The standard InChI is InChI=1S/C12H15FO2S/c1-2-12(7-15-8-12)9-16(14)11-5-3-4-10(13)6-11/h3-6H,2,7-9H2,1H3. The highest BCUT2D eigenvalue weighted by Crippen LogP contribution is 2.33. The third kappa shape index (κ3) is 2.33. The van der Waals surface area contributed by atoms with Crippen molar-refractivity contribution in [2.75, 3.05) is 19.0 Å². The Morgan fingerprint density at radius 2 is 2.25 bits per heavy atom. The summed E-state index contributed by atoms with van der Waals surface area (Å²) in [6.07, 6.45) is 0.952. The number of benzene rings is 1. The number of ether oxygens (including phenoxy) is 1. The van der Waals surface area contributed by atoms with Crippen LogP contribution in [0.4, 0.5) is 4.39 Å². The molecule has 0 aliphatic carbocycles. The first-order valence-corrected chi connectivity index (χ1v) is 6.69. The third-order valence-corrected chi connectivity index (χ3v) is 4.72. The van der Waals surface area contributed by atoms with Crippen LogP contribution in [0.2, 0.25) is 0 Å².